The Morgan fingerprint density at radius 1 is 1.89 bits per heavy atom. The van der Waals surface area contributed by atoms with Gasteiger partial charge in [-0.05, 0) is 0 Å². The third-order valence-electron chi connectivity index (χ3n) is 1.27. The lowest BCUT2D eigenvalue weighted by Crippen LogP contribution is -2.23. The molecule has 0 bridgehead atoms. The van der Waals surface area contributed by atoms with Crippen molar-refractivity contribution < 1.29 is 9.53 Å². The summed E-state index contributed by atoms with van der Waals surface area (Å²) in [4.78, 5) is 9.78. The van der Waals surface area contributed by atoms with Crippen molar-refractivity contribution in [3.63, 3.8) is 0 Å². The van der Waals surface area contributed by atoms with Crippen molar-refractivity contribution in [1.82, 2.24) is 5.32 Å². The van der Waals surface area contributed by atoms with E-state index in [1.54, 1.807) is 0 Å². The van der Waals surface area contributed by atoms with Crippen LogP contribution in [0.2, 0.25) is 0 Å². The zero-order valence-corrected chi connectivity index (χ0v) is 5.09. The molecule has 0 radical (unpaired) electrons. The predicted molar refractivity (Wildman–Crippen MR) is 32.7 cm³/mol. The minimum Gasteiger partial charge on any atom is -0.448 e. The first-order chi connectivity index (χ1) is 4.33. The maximum Gasteiger partial charge on any atom is 0.294 e. The summed E-state index contributed by atoms with van der Waals surface area (Å²) in [6.45, 7) is 4.95. The highest BCUT2D eigenvalue weighted by Crippen LogP contribution is 2.09. The van der Waals surface area contributed by atoms with Crippen LogP contribution in [0.25, 0.3) is 0 Å². The number of rotatable bonds is 2. The van der Waals surface area contributed by atoms with Gasteiger partial charge in [0.05, 0.1) is 0 Å². The molecule has 1 fully saturated rings. The lowest BCUT2D eigenvalue weighted by Gasteiger charge is -2.04. The van der Waals surface area contributed by atoms with Crippen molar-refractivity contribution in [3.8, 4) is 0 Å². The molecule has 0 aliphatic carbocycles. The van der Waals surface area contributed by atoms with E-state index in [2.05, 4.69) is 16.6 Å². The Kier molecular flexibility index (Phi) is 1.85. The maximum atomic E-state index is 9.78. The zero-order valence-electron chi connectivity index (χ0n) is 5.09. The summed E-state index contributed by atoms with van der Waals surface area (Å²) in [5.41, 5.74) is 1.09. The summed E-state index contributed by atoms with van der Waals surface area (Å²) < 4.78 is 4.62. The number of hydrogen-bond donors (Lipinski definition) is 1. The van der Waals surface area contributed by atoms with Gasteiger partial charge in [0.15, 0.2) is 6.23 Å². The van der Waals surface area contributed by atoms with E-state index in [9.17, 15) is 4.79 Å². The van der Waals surface area contributed by atoms with Crippen molar-refractivity contribution in [2.75, 3.05) is 6.54 Å². The highest BCUT2D eigenvalue weighted by atomic mass is 16.5. The Hall–Kier alpha value is -0.830. The van der Waals surface area contributed by atoms with Gasteiger partial charge >= 0.3 is 0 Å². The Labute approximate surface area is 53.7 Å². The third kappa shape index (κ3) is 1.54. The average Bonchev–Trinajstić information content (AvgIpc) is 2.17. The van der Waals surface area contributed by atoms with Gasteiger partial charge in [-0.2, -0.15) is 0 Å². The molecule has 1 rings (SSSR count). The summed E-state index contributed by atoms with van der Waals surface area (Å²) in [6, 6.07) is 0. The van der Waals surface area contributed by atoms with Gasteiger partial charge < -0.3 is 4.74 Å². The molecule has 1 heterocycles. The highest BCUT2D eigenvalue weighted by Gasteiger charge is 2.16. The van der Waals surface area contributed by atoms with E-state index in [1.165, 1.54) is 0 Å². The Bertz CT molecular complexity index is 133. The van der Waals surface area contributed by atoms with Crippen LogP contribution in [0.5, 0.6) is 0 Å². The number of hydrogen-bond acceptors (Lipinski definition) is 3. The molecule has 1 aliphatic heterocycles. The minimum absolute atomic E-state index is 0.130. The summed E-state index contributed by atoms with van der Waals surface area (Å²) in [5.74, 6) is 0. The standard InChI is InChI=1S/C6H9NO2/c1-5-2-6(7-3-5)9-4-8/h4,6-7H,1-3H2/t6-/m1/s1. The van der Waals surface area contributed by atoms with Gasteiger partial charge in [0.2, 0.25) is 0 Å². The van der Waals surface area contributed by atoms with Gasteiger partial charge in [0.25, 0.3) is 6.47 Å². The molecule has 0 spiro atoms. The molecular formula is C6H9NO2. The molecule has 0 unspecified atom stereocenters. The summed E-state index contributed by atoms with van der Waals surface area (Å²) in [6.07, 6.45) is 0.619. The van der Waals surface area contributed by atoms with Crippen LogP contribution in [-0.2, 0) is 9.53 Å². The Morgan fingerprint density at radius 3 is 3.11 bits per heavy atom. The number of carbonyl (C=O) groups is 1. The highest BCUT2D eigenvalue weighted by molar-refractivity contribution is 5.37. The van der Waals surface area contributed by atoms with Crippen LogP contribution in [0, 0.1) is 0 Å². The van der Waals surface area contributed by atoms with Gasteiger partial charge in [-0.1, -0.05) is 12.2 Å². The molecule has 0 saturated carbocycles. The predicted octanol–water partition coefficient (Wildman–Crippen LogP) is 0.0350. The van der Waals surface area contributed by atoms with E-state index in [-0.39, 0.29) is 6.23 Å². The second-order valence-electron chi connectivity index (χ2n) is 2.06. The van der Waals surface area contributed by atoms with E-state index in [1.807, 2.05) is 0 Å². The summed E-state index contributed by atoms with van der Waals surface area (Å²) in [5, 5.41) is 2.95. The molecule has 50 valence electrons. The average molecular weight is 127 g/mol. The molecular weight excluding hydrogens is 118 g/mol. The maximum absolute atomic E-state index is 9.78. The molecule has 0 aromatic heterocycles. The molecule has 0 amide bonds. The SMILES string of the molecule is C=C1CN[C@H](OC=O)C1. The van der Waals surface area contributed by atoms with Crippen molar-refractivity contribution in [1.29, 1.82) is 0 Å². The van der Waals surface area contributed by atoms with E-state index in [0.717, 1.165) is 18.5 Å². The van der Waals surface area contributed by atoms with Crippen LogP contribution in [0.1, 0.15) is 6.42 Å². The van der Waals surface area contributed by atoms with Crippen LogP contribution in [-0.4, -0.2) is 19.2 Å². The molecule has 0 aromatic rings. The van der Waals surface area contributed by atoms with Crippen molar-refractivity contribution in [2.45, 2.75) is 12.6 Å². The summed E-state index contributed by atoms with van der Waals surface area (Å²) in [7, 11) is 0. The van der Waals surface area contributed by atoms with Crippen LogP contribution < -0.4 is 5.32 Å². The largest absolute Gasteiger partial charge is 0.448 e. The Morgan fingerprint density at radius 2 is 2.67 bits per heavy atom. The van der Waals surface area contributed by atoms with Crippen molar-refractivity contribution >= 4 is 6.47 Å². The molecule has 1 saturated heterocycles. The quantitative estimate of drug-likeness (QED) is 0.420. The molecule has 3 heteroatoms. The summed E-state index contributed by atoms with van der Waals surface area (Å²) >= 11 is 0. The van der Waals surface area contributed by atoms with Crippen LogP contribution in [0.15, 0.2) is 12.2 Å². The van der Waals surface area contributed by atoms with E-state index in [0.29, 0.717) is 6.47 Å². The van der Waals surface area contributed by atoms with Gasteiger partial charge in [0.1, 0.15) is 0 Å². The number of ether oxygens (including phenoxy) is 1. The van der Waals surface area contributed by atoms with Gasteiger partial charge in [-0.3, -0.25) is 10.1 Å². The minimum atomic E-state index is -0.130. The van der Waals surface area contributed by atoms with Gasteiger partial charge in [-0.15, -0.1) is 0 Å². The molecule has 1 N–H and O–H groups in total. The fourth-order valence-electron chi connectivity index (χ4n) is 0.828. The third-order valence-corrected chi connectivity index (χ3v) is 1.27. The van der Waals surface area contributed by atoms with Crippen LogP contribution in [0.4, 0.5) is 0 Å². The van der Waals surface area contributed by atoms with Gasteiger partial charge in [0, 0.05) is 13.0 Å². The fraction of sp³-hybridized carbons (Fsp3) is 0.500. The van der Waals surface area contributed by atoms with E-state index >= 15 is 0 Å². The Balaban J connectivity index is 2.29. The monoisotopic (exact) mass is 127 g/mol. The smallest absolute Gasteiger partial charge is 0.294 e. The molecule has 0 aromatic carbocycles. The topological polar surface area (TPSA) is 38.3 Å². The molecule has 3 nitrogen and oxygen atoms in total. The normalized spacial score (nSPS) is 26.2. The fourth-order valence-corrected chi connectivity index (χ4v) is 0.828. The molecule has 9 heavy (non-hydrogen) atoms. The first kappa shape index (κ1) is 6.29. The van der Waals surface area contributed by atoms with E-state index in [4.69, 9.17) is 0 Å². The van der Waals surface area contributed by atoms with Crippen LogP contribution in [0.3, 0.4) is 0 Å². The molecule has 1 aliphatic rings. The van der Waals surface area contributed by atoms with Crippen LogP contribution >= 0.6 is 0 Å². The van der Waals surface area contributed by atoms with Crippen molar-refractivity contribution in [3.05, 3.63) is 12.2 Å². The number of nitrogens with one attached hydrogen (secondary N) is 1. The zero-order chi connectivity index (χ0) is 6.69. The first-order valence-corrected chi connectivity index (χ1v) is 2.82. The van der Waals surface area contributed by atoms with Crippen molar-refractivity contribution in [2.24, 2.45) is 0 Å². The van der Waals surface area contributed by atoms with Gasteiger partial charge in [-0.25, -0.2) is 0 Å². The first-order valence-electron chi connectivity index (χ1n) is 2.82. The lowest BCUT2D eigenvalue weighted by atomic mass is 10.3. The second-order valence-corrected chi connectivity index (χ2v) is 2.06. The second kappa shape index (κ2) is 2.64. The van der Waals surface area contributed by atoms with E-state index < -0.39 is 0 Å². The molecule has 1 atom stereocenters. The lowest BCUT2D eigenvalue weighted by molar-refractivity contribution is -0.134. The number of carbonyl (C=O) groups excluding carboxylic acids is 1.